The molecule has 0 saturated heterocycles. The molecule has 0 fully saturated rings. The number of amides is 2. The maximum atomic E-state index is 12.3. The van der Waals surface area contributed by atoms with Crippen LogP contribution in [0, 0.1) is 6.92 Å². The number of ether oxygens (including phenoxy) is 1. The van der Waals surface area contributed by atoms with Gasteiger partial charge in [0.25, 0.3) is 0 Å². The van der Waals surface area contributed by atoms with Gasteiger partial charge in [0, 0.05) is 13.1 Å². The van der Waals surface area contributed by atoms with Crippen molar-refractivity contribution in [1.82, 2.24) is 10.2 Å². The lowest BCUT2D eigenvalue weighted by Gasteiger charge is -2.25. The second kappa shape index (κ2) is 9.55. The van der Waals surface area contributed by atoms with Crippen molar-refractivity contribution in [3.05, 3.63) is 29.3 Å². The maximum Gasteiger partial charge on any atom is 0.320 e. The van der Waals surface area contributed by atoms with Crippen LogP contribution in [0.5, 0.6) is 5.75 Å². The van der Waals surface area contributed by atoms with Crippen molar-refractivity contribution in [1.29, 1.82) is 0 Å². The standard InChI is InChI=1S/C20H34N2O2/c1-7-9-13-22(12-8-2)19(23)21-15-24-18-11-10-16(3)14-17(18)20(4,5)6/h10-11,14H,7-9,12-13,15H2,1-6H3,(H,21,23). The Kier molecular flexibility index (Phi) is 8.09. The molecule has 0 aliphatic carbocycles. The Morgan fingerprint density at radius 2 is 1.88 bits per heavy atom. The molecule has 0 aliphatic rings. The van der Waals surface area contributed by atoms with Crippen molar-refractivity contribution in [3.63, 3.8) is 0 Å². The van der Waals surface area contributed by atoms with Gasteiger partial charge in [-0.25, -0.2) is 4.79 Å². The average molecular weight is 335 g/mol. The van der Waals surface area contributed by atoms with Gasteiger partial charge in [-0.3, -0.25) is 0 Å². The normalized spacial score (nSPS) is 11.2. The molecule has 136 valence electrons. The number of hydrogen-bond donors (Lipinski definition) is 1. The van der Waals surface area contributed by atoms with E-state index in [-0.39, 0.29) is 18.2 Å². The molecule has 1 aromatic carbocycles. The monoisotopic (exact) mass is 334 g/mol. The Labute approximate surface area is 147 Å². The lowest BCUT2D eigenvalue weighted by molar-refractivity contribution is 0.183. The van der Waals surface area contributed by atoms with Gasteiger partial charge in [-0.1, -0.05) is 58.7 Å². The highest BCUT2D eigenvalue weighted by atomic mass is 16.5. The summed E-state index contributed by atoms with van der Waals surface area (Å²) >= 11 is 0. The second-order valence-corrected chi connectivity index (χ2v) is 7.36. The summed E-state index contributed by atoms with van der Waals surface area (Å²) < 4.78 is 5.86. The minimum Gasteiger partial charge on any atom is -0.473 e. The maximum absolute atomic E-state index is 12.3. The van der Waals surface area contributed by atoms with Crippen LogP contribution in [-0.4, -0.2) is 30.8 Å². The summed E-state index contributed by atoms with van der Waals surface area (Å²) in [6.45, 7) is 14.6. The lowest BCUT2D eigenvalue weighted by Crippen LogP contribution is -2.42. The summed E-state index contributed by atoms with van der Waals surface area (Å²) in [6, 6.07) is 6.14. The third kappa shape index (κ3) is 6.42. The minimum absolute atomic E-state index is 0.000728. The van der Waals surface area contributed by atoms with Gasteiger partial charge in [-0.05, 0) is 36.8 Å². The third-order valence-corrected chi connectivity index (χ3v) is 3.96. The molecule has 1 rings (SSSR count). The van der Waals surface area contributed by atoms with Crippen LogP contribution in [0.1, 0.15) is 65.0 Å². The molecule has 0 bridgehead atoms. The first-order chi connectivity index (χ1) is 11.3. The molecular formula is C20H34N2O2. The molecule has 0 saturated carbocycles. The number of nitrogens with one attached hydrogen (secondary N) is 1. The summed E-state index contributed by atoms with van der Waals surface area (Å²) in [7, 11) is 0. The summed E-state index contributed by atoms with van der Waals surface area (Å²) in [5, 5.41) is 2.88. The highest BCUT2D eigenvalue weighted by Gasteiger charge is 2.19. The van der Waals surface area contributed by atoms with E-state index >= 15 is 0 Å². The van der Waals surface area contributed by atoms with Crippen LogP contribution < -0.4 is 10.1 Å². The van der Waals surface area contributed by atoms with Crippen molar-refractivity contribution >= 4 is 6.03 Å². The number of aryl methyl sites for hydroxylation is 1. The van der Waals surface area contributed by atoms with Crippen molar-refractivity contribution < 1.29 is 9.53 Å². The zero-order chi connectivity index (χ0) is 18.2. The first-order valence-electron chi connectivity index (χ1n) is 9.06. The van der Waals surface area contributed by atoms with E-state index in [0.717, 1.165) is 43.7 Å². The molecule has 0 spiro atoms. The summed E-state index contributed by atoms with van der Waals surface area (Å²) in [6.07, 6.45) is 3.08. The molecule has 0 atom stereocenters. The molecule has 0 radical (unpaired) electrons. The van der Waals surface area contributed by atoms with Gasteiger partial charge < -0.3 is 15.0 Å². The van der Waals surface area contributed by atoms with Crippen LogP contribution in [0.4, 0.5) is 4.79 Å². The molecular weight excluding hydrogens is 300 g/mol. The smallest absolute Gasteiger partial charge is 0.320 e. The molecule has 0 aliphatic heterocycles. The topological polar surface area (TPSA) is 41.6 Å². The van der Waals surface area contributed by atoms with Gasteiger partial charge in [0.1, 0.15) is 5.75 Å². The van der Waals surface area contributed by atoms with Crippen molar-refractivity contribution in [2.75, 3.05) is 19.8 Å². The first kappa shape index (κ1) is 20.3. The summed E-state index contributed by atoms with van der Waals surface area (Å²) in [4.78, 5) is 14.2. The highest BCUT2D eigenvalue weighted by molar-refractivity contribution is 5.74. The van der Waals surface area contributed by atoms with Crippen molar-refractivity contribution in [2.45, 2.75) is 66.2 Å². The van der Waals surface area contributed by atoms with E-state index in [1.54, 1.807) is 0 Å². The van der Waals surface area contributed by atoms with Gasteiger partial charge in [-0.15, -0.1) is 0 Å². The molecule has 0 unspecified atom stereocenters. The summed E-state index contributed by atoms with van der Waals surface area (Å²) in [5.41, 5.74) is 2.37. The number of benzene rings is 1. The van der Waals surface area contributed by atoms with E-state index in [1.165, 1.54) is 5.56 Å². The van der Waals surface area contributed by atoms with Gasteiger partial charge in [-0.2, -0.15) is 0 Å². The number of rotatable bonds is 8. The molecule has 1 aromatic rings. The Bertz CT molecular complexity index is 521. The number of nitrogens with zero attached hydrogens (tertiary/aromatic N) is 1. The number of hydrogen-bond acceptors (Lipinski definition) is 2. The van der Waals surface area contributed by atoms with Crippen LogP contribution in [-0.2, 0) is 5.41 Å². The van der Waals surface area contributed by atoms with E-state index in [2.05, 4.69) is 52.9 Å². The zero-order valence-electron chi connectivity index (χ0n) is 16.2. The van der Waals surface area contributed by atoms with E-state index in [0.29, 0.717) is 0 Å². The van der Waals surface area contributed by atoms with Crippen LogP contribution in [0.3, 0.4) is 0 Å². The second-order valence-electron chi connectivity index (χ2n) is 7.36. The predicted molar refractivity (Wildman–Crippen MR) is 101 cm³/mol. The zero-order valence-corrected chi connectivity index (χ0v) is 16.2. The van der Waals surface area contributed by atoms with Crippen LogP contribution in [0.15, 0.2) is 18.2 Å². The Morgan fingerprint density at radius 1 is 1.17 bits per heavy atom. The Balaban J connectivity index is 2.65. The fourth-order valence-electron chi connectivity index (χ4n) is 2.58. The van der Waals surface area contributed by atoms with E-state index in [1.807, 2.05) is 17.0 Å². The number of unbranched alkanes of at least 4 members (excludes halogenated alkanes) is 1. The fraction of sp³-hybridized carbons (Fsp3) is 0.650. The molecule has 2 amide bonds. The van der Waals surface area contributed by atoms with Crippen molar-refractivity contribution in [2.24, 2.45) is 0 Å². The van der Waals surface area contributed by atoms with Crippen LogP contribution in [0.25, 0.3) is 0 Å². The van der Waals surface area contributed by atoms with E-state index < -0.39 is 0 Å². The highest BCUT2D eigenvalue weighted by Crippen LogP contribution is 2.31. The number of urea groups is 1. The third-order valence-electron chi connectivity index (χ3n) is 3.96. The SMILES string of the molecule is CCCCN(CCC)C(=O)NCOc1ccc(C)cc1C(C)(C)C. The molecule has 1 N–H and O–H groups in total. The predicted octanol–water partition coefficient (Wildman–Crippen LogP) is 4.85. The molecule has 24 heavy (non-hydrogen) atoms. The first-order valence-corrected chi connectivity index (χ1v) is 9.06. The largest absolute Gasteiger partial charge is 0.473 e. The number of carbonyl (C=O) groups is 1. The molecule has 4 heteroatoms. The lowest BCUT2D eigenvalue weighted by atomic mass is 9.85. The van der Waals surface area contributed by atoms with E-state index in [4.69, 9.17) is 4.74 Å². The molecule has 4 nitrogen and oxygen atoms in total. The van der Waals surface area contributed by atoms with Crippen LogP contribution >= 0.6 is 0 Å². The average Bonchev–Trinajstić information content (AvgIpc) is 2.51. The molecule has 0 aromatic heterocycles. The molecule has 0 heterocycles. The van der Waals surface area contributed by atoms with Gasteiger partial charge in [0.05, 0.1) is 0 Å². The number of carbonyl (C=O) groups excluding carboxylic acids is 1. The quantitative estimate of drug-likeness (QED) is 0.690. The van der Waals surface area contributed by atoms with Gasteiger partial charge in [0.15, 0.2) is 6.73 Å². The fourth-order valence-corrected chi connectivity index (χ4v) is 2.58. The van der Waals surface area contributed by atoms with Crippen molar-refractivity contribution in [3.8, 4) is 5.75 Å². The minimum atomic E-state index is -0.0466. The Morgan fingerprint density at radius 3 is 2.46 bits per heavy atom. The Hall–Kier alpha value is -1.71. The van der Waals surface area contributed by atoms with Gasteiger partial charge in [0.2, 0.25) is 0 Å². The summed E-state index contributed by atoms with van der Waals surface area (Å²) in [5.74, 6) is 0.837. The van der Waals surface area contributed by atoms with Gasteiger partial charge >= 0.3 is 6.03 Å². The van der Waals surface area contributed by atoms with Crippen LogP contribution in [0.2, 0.25) is 0 Å². The van der Waals surface area contributed by atoms with E-state index in [9.17, 15) is 4.79 Å².